The van der Waals surface area contributed by atoms with Crippen molar-refractivity contribution in [2.45, 2.75) is 108 Å². The predicted octanol–water partition coefficient (Wildman–Crippen LogP) is 7.07. The normalized spacial score (nSPS) is 32.3. The summed E-state index contributed by atoms with van der Waals surface area (Å²) in [5.74, 6) is 1.35. The van der Waals surface area contributed by atoms with Crippen LogP contribution in [0.4, 0.5) is 4.39 Å². The van der Waals surface area contributed by atoms with E-state index in [0.29, 0.717) is 31.0 Å². The number of rotatable bonds is 7. The first-order valence-corrected chi connectivity index (χ1v) is 14.0. The minimum absolute atomic E-state index is 0.0260. The Morgan fingerprint density at radius 2 is 1.59 bits per heavy atom. The van der Waals surface area contributed by atoms with Gasteiger partial charge >= 0.3 is 0 Å². The molecule has 4 aliphatic rings. The van der Waals surface area contributed by atoms with Crippen molar-refractivity contribution in [3.8, 4) is 0 Å². The number of benzene rings is 1. The van der Waals surface area contributed by atoms with Crippen molar-refractivity contribution < 1.29 is 23.3 Å². The van der Waals surface area contributed by atoms with Crippen molar-refractivity contribution in [2.75, 3.05) is 26.4 Å². The van der Waals surface area contributed by atoms with Gasteiger partial charge < -0.3 is 18.9 Å². The van der Waals surface area contributed by atoms with E-state index in [1.807, 2.05) is 6.07 Å². The summed E-state index contributed by atoms with van der Waals surface area (Å²) >= 11 is 0. The Morgan fingerprint density at radius 3 is 2.24 bits per heavy atom. The van der Waals surface area contributed by atoms with E-state index >= 15 is 4.39 Å². The fourth-order valence-electron chi connectivity index (χ4n) is 6.69. The average Bonchev–Trinajstić information content (AvgIpc) is 3.33. The predicted molar refractivity (Wildman–Crippen MR) is 130 cm³/mol. The lowest BCUT2D eigenvalue weighted by molar-refractivity contribution is -0.229. The zero-order valence-corrected chi connectivity index (χ0v) is 20.9. The van der Waals surface area contributed by atoms with E-state index in [9.17, 15) is 0 Å². The summed E-state index contributed by atoms with van der Waals surface area (Å²) in [5, 5.41) is 0. The zero-order valence-electron chi connectivity index (χ0n) is 20.9. The van der Waals surface area contributed by atoms with Crippen LogP contribution in [0.2, 0.25) is 0 Å². The topological polar surface area (TPSA) is 36.9 Å². The first-order chi connectivity index (χ1) is 16.7. The number of ether oxygens (including phenoxy) is 4. The van der Waals surface area contributed by atoms with Crippen LogP contribution < -0.4 is 0 Å². The summed E-state index contributed by atoms with van der Waals surface area (Å²) in [5.41, 5.74) is 2.04. The third-order valence-corrected chi connectivity index (χ3v) is 8.86. The minimum atomic E-state index is -0.382. The van der Waals surface area contributed by atoms with Crippen LogP contribution in [0.15, 0.2) is 18.2 Å². The van der Waals surface area contributed by atoms with Gasteiger partial charge in [-0.25, -0.2) is 4.39 Å². The molecule has 1 aromatic carbocycles. The van der Waals surface area contributed by atoms with Crippen LogP contribution in [0.3, 0.4) is 0 Å². The fraction of sp³-hybridized carbons (Fsp3) is 0.793. The van der Waals surface area contributed by atoms with E-state index in [4.69, 9.17) is 18.9 Å². The molecule has 4 nitrogen and oxygen atoms in total. The second kappa shape index (κ2) is 11.4. The smallest absolute Gasteiger partial charge is 0.168 e. The highest BCUT2D eigenvalue weighted by Gasteiger charge is 2.41. The minimum Gasteiger partial charge on any atom is -0.352 e. The lowest BCUT2D eigenvalue weighted by Gasteiger charge is -2.38. The lowest BCUT2D eigenvalue weighted by Crippen LogP contribution is -2.38. The van der Waals surface area contributed by atoms with Gasteiger partial charge in [0.15, 0.2) is 12.1 Å². The van der Waals surface area contributed by atoms with Gasteiger partial charge in [0, 0.05) is 24.7 Å². The molecule has 0 unspecified atom stereocenters. The summed E-state index contributed by atoms with van der Waals surface area (Å²) in [7, 11) is 0. The van der Waals surface area contributed by atoms with Gasteiger partial charge in [0.25, 0.3) is 0 Å². The molecule has 2 heterocycles. The molecule has 34 heavy (non-hydrogen) atoms. The van der Waals surface area contributed by atoms with Gasteiger partial charge in [-0.2, -0.15) is 0 Å². The van der Waals surface area contributed by atoms with Crippen LogP contribution in [0.1, 0.15) is 107 Å². The standard InChI is InChI=1S/C29H43FO4/c1-2-3-4-5-21-19-31-28(32-20-21)24-8-6-22(7-9-24)25-10-11-26(27(30)18-25)23-12-14-29(15-13-23)33-16-17-34-29/h10-11,18,21-24,28H,2-9,12-17,19-20H2,1H3. The van der Waals surface area contributed by atoms with Crippen LogP contribution >= 0.6 is 0 Å². The number of unbranched alkanes of at least 4 members (excludes halogenated alkanes) is 2. The van der Waals surface area contributed by atoms with Gasteiger partial charge in [0.2, 0.25) is 0 Å². The SMILES string of the molecule is CCCCCC1COC(C2CCC(c3ccc(C4CCC5(CC4)OCCO5)c(F)c3)CC2)OC1. The lowest BCUT2D eigenvalue weighted by atomic mass is 9.77. The molecule has 5 rings (SSSR count). The largest absolute Gasteiger partial charge is 0.352 e. The number of hydrogen-bond acceptors (Lipinski definition) is 4. The van der Waals surface area contributed by atoms with Crippen molar-refractivity contribution >= 4 is 0 Å². The molecule has 2 aliphatic carbocycles. The quantitative estimate of drug-likeness (QED) is 0.396. The van der Waals surface area contributed by atoms with Crippen molar-refractivity contribution in [1.29, 1.82) is 0 Å². The summed E-state index contributed by atoms with van der Waals surface area (Å²) < 4.78 is 39.1. The third-order valence-electron chi connectivity index (χ3n) is 8.86. The molecule has 2 aliphatic heterocycles. The van der Waals surface area contributed by atoms with E-state index in [1.165, 1.54) is 25.7 Å². The van der Waals surface area contributed by atoms with E-state index < -0.39 is 0 Å². The van der Waals surface area contributed by atoms with Crippen LogP contribution in [0.25, 0.3) is 0 Å². The van der Waals surface area contributed by atoms with Crippen molar-refractivity contribution in [1.82, 2.24) is 0 Å². The van der Waals surface area contributed by atoms with Gasteiger partial charge in [0.05, 0.1) is 26.4 Å². The second-order valence-electron chi connectivity index (χ2n) is 11.2. The number of hydrogen-bond donors (Lipinski definition) is 0. The van der Waals surface area contributed by atoms with Crippen LogP contribution in [-0.2, 0) is 18.9 Å². The maximum Gasteiger partial charge on any atom is 0.168 e. The molecule has 0 bridgehead atoms. The highest BCUT2D eigenvalue weighted by molar-refractivity contribution is 5.30. The molecule has 2 saturated carbocycles. The van der Waals surface area contributed by atoms with E-state index in [0.717, 1.165) is 75.7 Å². The molecule has 1 aromatic rings. The Kier molecular flexibility index (Phi) is 8.25. The van der Waals surface area contributed by atoms with Crippen LogP contribution in [0.5, 0.6) is 0 Å². The highest BCUT2D eigenvalue weighted by Crippen LogP contribution is 2.44. The molecule has 0 aromatic heterocycles. The Hall–Kier alpha value is -1.01. The molecule has 4 fully saturated rings. The molecule has 0 atom stereocenters. The average molecular weight is 475 g/mol. The van der Waals surface area contributed by atoms with Crippen molar-refractivity contribution in [3.63, 3.8) is 0 Å². The second-order valence-corrected chi connectivity index (χ2v) is 11.2. The molecule has 190 valence electrons. The summed E-state index contributed by atoms with van der Waals surface area (Å²) in [6.45, 7) is 5.32. The molecule has 0 N–H and O–H groups in total. The van der Waals surface area contributed by atoms with Gasteiger partial charge in [-0.1, -0.05) is 38.3 Å². The fourth-order valence-corrected chi connectivity index (χ4v) is 6.69. The molecule has 1 spiro atoms. The third kappa shape index (κ3) is 5.69. The van der Waals surface area contributed by atoms with Gasteiger partial charge in [-0.05, 0) is 74.0 Å². The maximum atomic E-state index is 15.2. The molecular formula is C29H43FO4. The molecule has 2 saturated heterocycles. The first kappa shape index (κ1) is 24.7. The van der Waals surface area contributed by atoms with Crippen LogP contribution in [0, 0.1) is 17.7 Å². The van der Waals surface area contributed by atoms with Gasteiger partial charge in [-0.3, -0.25) is 0 Å². The van der Waals surface area contributed by atoms with Crippen LogP contribution in [-0.4, -0.2) is 38.5 Å². The van der Waals surface area contributed by atoms with Gasteiger partial charge in [0.1, 0.15) is 5.82 Å². The van der Waals surface area contributed by atoms with E-state index in [-0.39, 0.29) is 23.8 Å². The molecule has 5 heteroatoms. The van der Waals surface area contributed by atoms with Gasteiger partial charge in [-0.15, -0.1) is 0 Å². The maximum absolute atomic E-state index is 15.2. The molecule has 0 radical (unpaired) electrons. The van der Waals surface area contributed by atoms with E-state index in [1.54, 1.807) is 0 Å². The number of halogens is 1. The zero-order chi connectivity index (χ0) is 23.4. The molecule has 0 amide bonds. The summed E-state index contributed by atoms with van der Waals surface area (Å²) in [6.07, 6.45) is 13.0. The summed E-state index contributed by atoms with van der Waals surface area (Å²) in [6, 6.07) is 6.06. The monoisotopic (exact) mass is 474 g/mol. The highest BCUT2D eigenvalue weighted by atomic mass is 19.1. The summed E-state index contributed by atoms with van der Waals surface area (Å²) in [4.78, 5) is 0. The van der Waals surface area contributed by atoms with Crippen molar-refractivity contribution in [3.05, 3.63) is 35.1 Å². The Bertz CT molecular complexity index is 766. The Morgan fingerprint density at radius 1 is 0.882 bits per heavy atom. The van der Waals surface area contributed by atoms with E-state index in [2.05, 4.69) is 19.1 Å². The Balaban J connectivity index is 1.09. The first-order valence-electron chi connectivity index (χ1n) is 14.0. The molecular weight excluding hydrogens is 431 g/mol. The van der Waals surface area contributed by atoms with Crippen molar-refractivity contribution in [2.24, 2.45) is 11.8 Å². The Labute approximate surface area is 204 Å².